The molecule has 0 spiro atoms. The van der Waals surface area contributed by atoms with Gasteiger partial charge in [0, 0.05) is 49.5 Å². The van der Waals surface area contributed by atoms with E-state index in [2.05, 4.69) is 37.2 Å². The van der Waals surface area contributed by atoms with E-state index >= 15 is 0 Å². The Kier molecular flexibility index (Phi) is 8.67. The lowest BCUT2D eigenvalue weighted by molar-refractivity contribution is -0.138. The average Bonchev–Trinajstić information content (AvgIpc) is 2.91. The largest absolute Gasteiger partial charge is 0.416 e. The number of rotatable bonds is 5. The van der Waals surface area contributed by atoms with Crippen LogP contribution in [0.4, 0.5) is 24.7 Å². The van der Waals surface area contributed by atoms with Gasteiger partial charge in [-0.1, -0.05) is 23.2 Å². The van der Waals surface area contributed by atoms with E-state index < -0.39 is 17.6 Å². The van der Waals surface area contributed by atoms with E-state index in [0.717, 1.165) is 30.9 Å². The van der Waals surface area contributed by atoms with Gasteiger partial charge >= 0.3 is 6.18 Å². The van der Waals surface area contributed by atoms with Crippen LogP contribution in [0.15, 0.2) is 47.8 Å². The molecule has 2 aromatic carbocycles. The molecule has 1 fully saturated rings. The fourth-order valence-electron chi connectivity index (χ4n) is 4.16. The second-order valence-corrected chi connectivity index (χ2v) is 9.45. The molecule has 2 heterocycles. The van der Waals surface area contributed by atoms with Gasteiger partial charge in [0.05, 0.1) is 18.0 Å². The number of carbonyl (C=O) groups excluding carboxylic acids is 1. The third-order valence-corrected chi connectivity index (χ3v) is 6.50. The van der Waals surface area contributed by atoms with Crippen molar-refractivity contribution in [1.29, 1.82) is 0 Å². The van der Waals surface area contributed by atoms with Crippen molar-refractivity contribution in [3.63, 3.8) is 0 Å². The Morgan fingerprint density at radius 2 is 1.93 bits per heavy atom. The number of anilines is 2. The van der Waals surface area contributed by atoms with E-state index in [1.54, 1.807) is 25.1 Å². The molecule has 0 unspecified atom stereocenters. The minimum Gasteiger partial charge on any atom is -0.411 e. The maximum atomic E-state index is 13.9. The minimum absolute atomic E-state index is 0.0443. The number of nitrogens with one attached hydrogen (secondary N) is 1. The maximum absolute atomic E-state index is 13.9. The van der Waals surface area contributed by atoms with Crippen molar-refractivity contribution in [3.8, 4) is 11.8 Å². The molecule has 0 aliphatic carbocycles. The summed E-state index contributed by atoms with van der Waals surface area (Å²) in [6, 6.07) is 8.70. The molecule has 0 atom stereocenters. The van der Waals surface area contributed by atoms with Crippen LogP contribution in [0.5, 0.6) is 0 Å². The van der Waals surface area contributed by atoms with Crippen LogP contribution in [0, 0.1) is 18.8 Å². The summed E-state index contributed by atoms with van der Waals surface area (Å²) in [5.41, 5.74) is 7.04. The molecule has 4 rings (SSSR count). The molecule has 1 amide bonds. The van der Waals surface area contributed by atoms with Crippen LogP contribution in [0.2, 0.25) is 0 Å². The van der Waals surface area contributed by atoms with Crippen LogP contribution in [-0.2, 0) is 12.7 Å². The number of nitrogens with two attached hydrogens (primary N) is 1. The van der Waals surface area contributed by atoms with Crippen molar-refractivity contribution in [3.05, 3.63) is 81.8 Å². The molecular formula is C28H28F3N7O2. The third kappa shape index (κ3) is 7.13. The second kappa shape index (κ2) is 12.1. The average molecular weight is 552 g/mol. The number of hydrogen-bond donors (Lipinski definition) is 3. The maximum Gasteiger partial charge on any atom is 0.416 e. The number of hydrogen-bond acceptors (Lipinski definition) is 8. The van der Waals surface area contributed by atoms with Crippen molar-refractivity contribution in [2.24, 2.45) is 5.16 Å². The highest BCUT2D eigenvalue weighted by Crippen LogP contribution is 2.34. The standard InChI is InChI=1S/C28H28F3N7O2/c1-18-3-4-20(13-19(18)5-8-23-15-33-26(32)25(35-23)16-34-40)27(39)36-22-7-6-21(24(14-22)28(29,30)31)17-38-11-9-37(2)10-12-38/h3-4,6-7,13-16,40H,9-12,17H2,1-2H3,(H2,32,33)(H,36,39)/b34-16+. The SMILES string of the molecule is Cc1ccc(C(=O)Nc2ccc(CN3CCN(C)CC3)c(C(F)(F)F)c2)cc1C#Cc1cnc(N)c(/C=N/O)n1. The van der Waals surface area contributed by atoms with Gasteiger partial charge < -0.3 is 21.2 Å². The summed E-state index contributed by atoms with van der Waals surface area (Å²) in [4.78, 5) is 25.2. The highest BCUT2D eigenvalue weighted by Gasteiger charge is 2.34. The lowest BCUT2D eigenvalue weighted by Gasteiger charge is -2.33. The fourth-order valence-corrected chi connectivity index (χ4v) is 4.16. The normalized spacial score (nSPS) is 14.6. The molecule has 9 nitrogen and oxygen atoms in total. The topological polar surface area (TPSA) is 120 Å². The Balaban J connectivity index is 1.53. The summed E-state index contributed by atoms with van der Waals surface area (Å²) in [7, 11) is 1.99. The molecule has 1 aromatic heterocycles. The predicted octanol–water partition coefficient (Wildman–Crippen LogP) is 3.59. The molecule has 12 heteroatoms. The number of aromatic nitrogens is 2. The molecule has 0 radical (unpaired) electrons. The monoisotopic (exact) mass is 551 g/mol. The second-order valence-electron chi connectivity index (χ2n) is 9.45. The van der Waals surface area contributed by atoms with Crippen molar-refractivity contribution in [1.82, 2.24) is 19.8 Å². The van der Waals surface area contributed by atoms with E-state index in [1.165, 1.54) is 18.3 Å². The van der Waals surface area contributed by atoms with Crippen LogP contribution in [-0.4, -0.2) is 70.3 Å². The molecular weight excluding hydrogens is 523 g/mol. The Bertz CT molecular complexity index is 1490. The number of piperazine rings is 1. The minimum atomic E-state index is -4.57. The quantitative estimate of drug-likeness (QED) is 0.192. The van der Waals surface area contributed by atoms with Gasteiger partial charge in [0.1, 0.15) is 11.4 Å². The number of oxime groups is 1. The zero-order chi connectivity index (χ0) is 28.9. The van der Waals surface area contributed by atoms with Gasteiger partial charge in [0.25, 0.3) is 5.91 Å². The number of aryl methyl sites for hydroxylation is 1. The van der Waals surface area contributed by atoms with Crippen molar-refractivity contribution in [2.75, 3.05) is 44.3 Å². The summed E-state index contributed by atoms with van der Waals surface area (Å²) in [5, 5.41) is 14.2. The molecule has 40 heavy (non-hydrogen) atoms. The van der Waals surface area contributed by atoms with E-state index in [-0.39, 0.29) is 40.6 Å². The zero-order valence-electron chi connectivity index (χ0n) is 22.0. The summed E-state index contributed by atoms with van der Waals surface area (Å²) >= 11 is 0. The fraction of sp³-hybridized carbons (Fsp3) is 0.286. The smallest absolute Gasteiger partial charge is 0.411 e. The first-order chi connectivity index (χ1) is 19.0. The first-order valence-electron chi connectivity index (χ1n) is 12.4. The first-order valence-corrected chi connectivity index (χ1v) is 12.4. The molecule has 4 N–H and O–H groups in total. The molecule has 208 valence electrons. The highest BCUT2D eigenvalue weighted by atomic mass is 19.4. The Labute approximate surface area is 229 Å². The van der Waals surface area contributed by atoms with Gasteiger partial charge in [-0.25, -0.2) is 9.97 Å². The predicted molar refractivity (Wildman–Crippen MR) is 145 cm³/mol. The van der Waals surface area contributed by atoms with Gasteiger partial charge in [-0.2, -0.15) is 13.2 Å². The lowest BCUT2D eigenvalue weighted by Crippen LogP contribution is -2.44. The number of nitrogens with zero attached hydrogens (tertiary/aromatic N) is 5. The molecule has 0 bridgehead atoms. The third-order valence-electron chi connectivity index (χ3n) is 6.50. The number of alkyl halides is 3. The Morgan fingerprint density at radius 1 is 1.18 bits per heavy atom. The number of benzene rings is 2. The summed E-state index contributed by atoms with van der Waals surface area (Å²) in [5.74, 6) is 5.24. The van der Waals surface area contributed by atoms with Crippen LogP contribution < -0.4 is 11.1 Å². The Hall–Kier alpha value is -4.47. The lowest BCUT2D eigenvalue weighted by atomic mass is 10.0. The molecule has 0 saturated carbocycles. The van der Waals surface area contributed by atoms with E-state index in [1.807, 2.05) is 11.9 Å². The molecule has 1 saturated heterocycles. The van der Waals surface area contributed by atoms with E-state index in [4.69, 9.17) is 10.9 Å². The van der Waals surface area contributed by atoms with Gasteiger partial charge in [-0.15, -0.1) is 0 Å². The Morgan fingerprint density at radius 3 is 2.62 bits per heavy atom. The van der Waals surface area contributed by atoms with Crippen LogP contribution in [0.1, 0.15) is 44.0 Å². The van der Waals surface area contributed by atoms with Gasteiger partial charge in [-0.05, 0) is 55.3 Å². The zero-order valence-corrected chi connectivity index (χ0v) is 22.0. The number of amides is 1. The van der Waals surface area contributed by atoms with Crippen molar-refractivity contribution < 1.29 is 23.2 Å². The van der Waals surface area contributed by atoms with Crippen molar-refractivity contribution in [2.45, 2.75) is 19.6 Å². The summed E-state index contributed by atoms with van der Waals surface area (Å²) < 4.78 is 41.8. The molecule has 3 aromatic rings. The number of halogens is 3. The van der Waals surface area contributed by atoms with E-state index in [9.17, 15) is 18.0 Å². The highest BCUT2D eigenvalue weighted by molar-refractivity contribution is 6.04. The van der Waals surface area contributed by atoms with Crippen molar-refractivity contribution >= 4 is 23.6 Å². The first kappa shape index (κ1) is 28.5. The molecule has 1 aliphatic heterocycles. The van der Waals surface area contributed by atoms with Gasteiger partial charge in [0.2, 0.25) is 0 Å². The van der Waals surface area contributed by atoms with E-state index in [0.29, 0.717) is 18.7 Å². The van der Waals surface area contributed by atoms with Crippen LogP contribution >= 0.6 is 0 Å². The number of carbonyl (C=O) groups is 1. The number of likely N-dealkylation sites (N-methyl/N-ethyl adjacent to an activating group) is 1. The van der Waals surface area contributed by atoms with Crippen LogP contribution in [0.25, 0.3) is 0 Å². The van der Waals surface area contributed by atoms with Gasteiger partial charge in [-0.3, -0.25) is 9.69 Å². The molecule has 1 aliphatic rings. The summed E-state index contributed by atoms with van der Waals surface area (Å²) in [6.45, 7) is 4.96. The summed E-state index contributed by atoms with van der Waals surface area (Å²) in [6.07, 6.45) is -2.18. The van der Waals surface area contributed by atoms with Gasteiger partial charge in [0.15, 0.2) is 5.82 Å². The number of nitrogen functional groups attached to an aromatic ring is 1. The van der Waals surface area contributed by atoms with Crippen LogP contribution in [0.3, 0.4) is 0 Å².